The molecule has 96 valence electrons. The normalized spacial score (nSPS) is 13.2. The lowest BCUT2D eigenvalue weighted by molar-refractivity contribution is 0.534. The van der Waals surface area contributed by atoms with Crippen LogP contribution >= 0.6 is 11.6 Å². The SMILES string of the molecule is CC(N)c1cc2cccc(Cl)c2c(=O)n1C(C)C. The number of rotatable bonds is 2. The first kappa shape index (κ1) is 13.1. The number of pyridine rings is 1. The molecular weight excluding hydrogens is 248 g/mol. The van der Waals surface area contributed by atoms with Gasteiger partial charge in [-0.25, -0.2) is 0 Å². The zero-order valence-corrected chi connectivity index (χ0v) is 11.5. The molecular formula is C14H17ClN2O. The minimum atomic E-state index is -0.191. The number of nitrogens with zero attached hydrogens (tertiary/aromatic N) is 1. The molecule has 1 aromatic heterocycles. The van der Waals surface area contributed by atoms with Crippen molar-refractivity contribution in [1.29, 1.82) is 0 Å². The standard InChI is InChI=1S/C14H17ClN2O/c1-8(2)17-12(9(3)16)7-10-5-4-6-11(15)13(10)14(17)18/h4-9H,16H2,1-3H3. The Labute approximate surface area is 111 Å². The number of nitrogens with two attached hydrogens (primary N) is 1. The van der Waals surface area contributed by atoms with Gasteiger partial charge in [0.25, 0.3) is 5.56 Å². The van der Waals surface area contributed by atoms with E-state index in [9.17, 15) is 4.79 Å². The van der Waals surface area contributed by atoms with Crippen molar-refractivity contribution in [1.82, 2.24) is 4.57 Å². The Bertz CT molecular complexity index is 644. The molecule has 0 aliphatic heterocycles. The van der Waals surface area contributed by atoms with Crippen LogP contribution in [0.15, 0.2) is 29.1 Å². The first-order chi connectivity index (χ1) is 8.43. The molecule has 0 saturated carbocycles. The molecule has 0 spiro atoms. The van der Waals surface area contributed by atoms with E-state index in [2.05, 4.69) is 0 Å². The Hall–Kier alpha value is -1.32. The maximum Gasteiger partial charge on any atom is 0.260 e. The van der Waals surface area contributed by atoms with Crippen LogP contribution < -0.4 is 11.3 Å². The summed E-state index contributed by atoms with van der Waals surface area (Å²) in [6.07, 6.45) is 0. The first-order valence-electron chi connectivity index (χ1n) is 6.02. The van der Waals surface area contributed by atoms with Gasteiger partial charge in [0.1, 0.15) is 0 Å². The van der Waals surface area contributed by atoms with Gasteiger partial charge in [0, 0.05) is 17.8 Å². The second-order valence-electron chi connectivity index (χ2n) is 4.83. The molecule has 0 fully saturated rings. The van der Waals surface area contributed by atoms with Crippen molar-refractivity contribution >= 4 is 22.4 Å². The third kappa shape index (κ3) is 2.04. The van der Waals surface area contributed by atoms with Crippen LogP contribution in [0.2, 0.25) is 5.02 Å². The predicted octanol–water partition coefficient (Wildman–Crippen LogP) is 3.26. The third-order valence-corrected chi connectivity index (χ3v) is 3.36. The topological polar surface area (TPSA) is 48.0 Å². The maximum atomic E-state index is 12.5. The predicted molar refractivity (Wildman–Crippen MR) is 76.2 cm³/mol. The summed E-state index contributed by atoms with van der Waals surface area (Å²) in [5, 5.41) is 1.90. The van der Waals surface area contributed by atoms with E-state index in [0.717, 1.165) is 11.1 Å². The molecule has 0 amide bonds. The molecule has 1 heterocycles. The molecule has 2 N–H and O–H groups in total. The average molecular weight is 265 g/mol. The highest BCUT2D eigenvalue weighted by Crippen LogP contribution is 2.24. The largest absolute Gasteiger partial charge is 0.323 e. The second kappa shape index (κ2) is 4.75. The van der Waals surface area contributed by atoms with Crippen molar-refractivity contribution in [2.75, 3.05) is 0 Å². The third-order valence-electron chi connectivity index (χ3n) is 3.04. The van der Waals surface area contributed by atoms with E-state index in [0.29, 0.717) is 10.4 Å². The summed E-state index contributed by atoms with van der Waals surface area (Å²) >= 11 is 6.13. The highest BCUT2D eigenvalue weighted by atomic mass is 35.5. The molecule has 4 heteroatoms. The Kier molecular flexibility index (Phi) is 3.46. The molecule has 0 aliphatic rings. The Morgan fingerprint density at radius 2 is 1.94 bits per heavy atom. The van der Waals surface area contributed by atoms with Crippen LogP contribution in [-0.2, 0) is 0 Å². The van der Waals surface area contributed by atoms with Crippen LogP contribution in [0.4, 0.5) is 0 Å². The Morgan fingerprint density at radius 1 is 1.28 bits per heavy atom. The van der Waals surface area contributed by atoms with E-state index >= 15 is 0 Å². The van der Waals surface area contributed by atoms with Crippen LogP contribution in [0.1, 0.15) is 38.5 Å². The average Bonchev–Trinajstić information content (AvgIpc) is 2.27. The lowest BCUT2D eigenvalue weighted by atomic mass is 10.1. The first-order valence-corrected chi connectivity index (χ1v) is 6.40. The van der Waals surface area contributed by atoms with Crippen LogP contribution in [-0.4, -0.2) is 4.57 Å². The van der Waals surface area contributed by atoms with Gasteiger partial charge in [-0.2, -0.15) is 0 Å². The number of hydrogen-bond donors (Lipinski definition) is 1. The summed E-state index contributed by atoms with van der Waals surface area (Å²) in [5.41, 5.74) is 6.73. The number of benzene rings is 1. The van der Waals surface area contributed by atoms with Crippen molar-refractivity contribution in [2.24, 2.45) is 5.73 Å². The van der Waals surface area contributed by atoms with Gasteiger partial charge in [0.05, 0.1) is 10.4 Å². The lowest BCUT2D eigenvalue weighted by Gasteiger charge is -2.20. The number of hydrogen-bond acceptors (Lipinski definition) is 2. The molecule has 0 aliphatic carbocycles. The number of halogens is 1. The quantitative estimate of drug-likeness (QED) is 0.905. The summed E-state index contributed by atoms with van der Waals surface area (Å²) in [7, 11) is 0. The summed E-state index contributed by atoms with van der Waals surface area (Å²) in [4.78, 5) is 12.5. The zero-order valence-electron chi connectivity index (χ0n) is 10.8. The molecule has 2 aromatic rings. The monoisotopic (exact) mass is 264 g/mol. The van der Waals surface area contributed by atoms with E-state index in [4.69, 9.17) is 17.3 Å². The molecule has 1 atom stereocenters. The van der Waals surface area contributed by atoms with Gasteiger partial charge in [0.15, 0.2) is 0 Å². The van der Waals surface area contributed by atoms with E-state index in [-0.39, 0.29) is 17.6 Å². The molecule has 3 nitrogen and oxygen atoms in total. The summed E-state index contributed by atoms with van der Waals surface area (Å²) in [5.74, 6) is 0. The lowest BCUT2D eigenvalue weighted by Crippen LogP contribution is -2.28. The molecule has 0 saturated heterocycles. The fourth-order valence-corrected chi connectivity index (χ4v) is 2.50. The number of fused-ring (bicyclic) bond motifs is 1. The minimum absolute atomic E-state index is 0.0548. The zero-order chi connectivity index (χ0) is 13.4. The molecule has 2 rings (SSSR count). The van der Waals surface area contributed by atoms with E-state index in [1.54, 1.807) is 10.6 Å². The Balaban J connectivity index is 2.96. The smallest absolute Gasteiger partial charge is 0.260 e. The van der Waals surface area contributed by atoms with E-state index in [1.165, 1.54) is 0 Å². The molecule has 18 heavy (non-hydrogen) atoms. The summed E-state index contributed by atoms with van der Waals surface area (Å²) < 4.78 is 1.72. The second-order valence-corrected chi connectivity index (χ2v) is 5.24. The molecule has 1 aromatic carbocycles. The fourth-order valence-electron chi connectivity index (χ4n) is 2.24. The molecule has 0 radical (unpaired) electrons. The highest BCUT2D eigenvalue weighted by molar-refractivity contribution is 6.35. The van der Waals surface area contributed by atoms with Gasteiger partial charge < -0.3 is 10.3 Å². The van der Waals surface area contributed by atoms with Crippen LogP contribution in [0.5, 0.6) is 0 Å². The van der Waals surface area contributed by atoms with Gasteiger partial charge in [-0.1, -0.05) is 23.7 Å². The van der Waals surface area contributed by atoms with Crippen molar-refractivity contribution in [2.45, 2.75) is 32.9 Å². The minimum Gasteiger partial charge on any atom is -0.323 e. The highest BCUT2D eigenvalue weighted by Gasteiger charge is 2.15. The van der Waals surface area contributed by atoms with Crippen LogP contribution in [0.25, 0.3) is 10.8 Å². The maximum absolute atomic E-state index is 12.5. The molecule has 0 bridgehead atoms. The summed E-state index contributed by atoms with van der Waals surface area (Å²) in [6.45, 7) is 5.82. The van der Waals surface area contributed by atoms with Gasteiger partial charge in [-0.05, 0) is 38.3 Å². The van der Waals surface area contributed by atoms with Crippen molar-refractivity contribution in [3.8, 4) is 0 Å². The van der Waals surface area contributed by atoms with Crippen molar-refractivity contribution in [3.63, 3.8) is 0 Å². The fraction of sp³-hybridized carbons (Fsp3) is 0.357. The van der Waals surface area contributed by atoms with Crippen LogP contribution in [0, 0.1) is 0 Å². The Morgan fingerprint density at radius 3 is 2.50 bits per heavy atom. The van der Waals surface area contributed by atoms with Crippen LogP contribution in [0.3, 0.4) is 0 Å². The van der Waals surface area contributed by atoms with E-state index in [1.807, 2.05) is 39.0 Å². The van der Waals surface area contributed by atoms with Crippen molar-refractivity contribution < 1.29 is 0 Å². The van der Waals surface area contributed by atoms with Gasteiger partial charge in [-0.3, -0.25) is 4.79 Å². The van der Waals surface area contributed by atoms with Gasteiger partial charge in [0.2, 0.25) is 0 Å². The van der Waals surface area contributed by atoms with E-state index < -0.39 is 0 Å². The molecule has 1 unspecified atom stereocenters. The number of aromatic nitrogens is 1. The summed E-state index contributed by atoms with van der Waals surface area (Å²) in [6, 6.07) is 7.28. The van der Waals surface area contributed by atoms with Crippen molar-refractivity contribution in [3.05, 3.63) is 45.3 Å². The van der Waals surface area contributed by atoms with Gasteiger partial charge in [-0.15, -0.1) is 0 Å². The van der Waals surface area contributed by atoms with Gasteiger partial charge >= 0.3 is 0 Å².